The van der Waals surface area contributed by atoms with E-state index in [4.69, 9.17) is 24.7 Å². The summed E-state index contributed by atoms with van der Waals surface area (Å²) >= 11 is 1.35. The molecule has 2 fully saturated rings. The van der Waals surface area contributed by atoms with Crippen LogP contribution in [0.3, 0.4) is 0 Å². The molecule has 4 aliphatic heterocycles. The number of thioether (sulfide) groups is 1. The number of cyclic esters (lactones) is 1. The molecule has 2 aromatic rings. The van der Waals surface area contributed by atoms with Gasteiger partial charge in [0.1, 0.15) is 24.6 Å². The number of rotatable bonds is 3. The molecule has 5 N–H and O–H groups in total. The number of hydrogen-bond acceptors (Lipinski definition) is 13. The fourth-order valence-electron chi connectivity index (χ4n) is 7.60. The summed E-state index contributed by atoms with van der Waals surface area (Å²) in [6.07, 6.45) is -0.615. The van der Waals surface area contributed by atoms with E-state index in [0.717, 1.165) is 11.1 Å². The second-order valence-corrected chi connectivity index (χ2v) is 12.8. The van der Waals surface area contributed by atoms with Crippen LogP contribution < -0.4 is 19.9 Å². The molecule has 4 aliphatic rings. The predicted octanol–water partition coefficient (Wildman–Crippen LogP) is 1.97. The minimum absolute atomic E-state index is 0.0272. The highest BCUT2D eigenvalue weighted by atomic mass is 32.2. The van der Waals surface area contributed by atoms with Crippen molar-refractivity contribution >= 4 is 23.7 Å². The van der Waals surface area contributed by atoms with Crippen molar-refractivity contribution in [3.63, 3.8) is 0 Å². The highest BCUT2D eigenvalue weighted by molar-refractivity contribution is 7.99. The molecule has 2 aromatic carbocycles. The van der Waals surface area contributed by atoms with Gasteiger partial charge in [-0.15, -0.1) is 11.8 Å². The molecule has 232 valence electrons. The maximum atomic E-state index is 12.8. The number of carbonyl (C=O) groups excluding carboxylic acids is 2. The maximum absolute atomic E-state index is 12.8. The molecule has 43 heavy (non-hydrogen) atoms. The van der Waals surface area contributed by atoms with E-state index in [0.29, 0.717) is 34.4 Å². The van der Waals surface area contributed by atoms with Gasteiger partial charge in [0.25, 0.3) is 0 Å². The number of ether oxygens (including phenoxy) is 4. The van der Waals surface area contributed by atoms with Gasteiger partial charge in [-0.3, -0.25) is 19.4 Å². The fourth-order valence-corrected chi connectivity index (χ4v) is 9.03. The van der Waals surface area contributed by atoms with Crippen LogP contribution in [0.4, 0.5) is 0 Å². The van der Waals surface area contributed by atoms with Crippen LogP contribution >= 0.6 is 11.8 Å². The number of methoxy groups -OCH3 is 2. The summed E-state index contributed by atoms with van der Waals surface area (Å²) in [5.41, 5.74) is 9.92. The van der Waals surface area contributed by atoms with Crippen LogP contribution in [0.2, 0.25) is 0 Å². The molecule has 0 saturated carbocycles. The molecule has 2 saturated heterocycles. The van der Waals surface area contributed by atoms with Crippen LogP contribution in [-0.2, 0) is 20.7 Å². The van der Waals surface area contributed by atoms with Gasteiger partial charge in [0.15, 0.2) is 23.0 Å². The van der Waals surface area contributed by atoms with Gasteiger partial charge in [-0.25, -0.2) is 0 Å². The van der Waals surface area contributed by atoms with Gasteiger partial charge >= 0.3 is 11.9 Å². The number of benzene rings is 2. The van der Waals surface area contributed by atoms with Gasteiger partial charge in [0, 0.05) is 41.0 Å². The van der Waals surface area contributed by atoms with E-state index < -0.39 is 47.6 Å². The van der Waals surface area contributed by atoms with E-state index in [-0.39, 0.29) is 41.4 Å². The fraction of sp³-hybridized carbons (Fsp3) is 0.533. The van der Waals surface area contributed by atoms with Gasteiger partial charge in [-0.1, -0.05) is 6.07 Å². The third-order valence-corrected chi connectivity index (χ3v) is 10.8. The van der Waals surface area contributed by atoms with E-state index in [9.17, 15) is 24.9 Å². The van der Waals surface area contributed by atoms with E-state index in [1.807, 2.05) is 24.9 Å². The van der Waals surface area contributed by atoms with Crippen LogP contribution in [0.25, 0.3) is 0 Å². The molecule has 7 atom stereocenters. The van der Waals surface area contributed by atoms with Crippen molar-refractivity contribution in [2.75, 3.05) is 33.6 Å². The first-order chi connectivity index (χ1) is 20.4. The van der Waals surface area contributed by atoms with Crippen LogP contribution in [0, 0.1) is 13.8 Å². The van der Waals surface area contributed by atoms with Crippen molar-refractivity contribution in [3.05, 3.63) is 39.4 Å². The number of aromatic hydroxyl groups is 2. The summed E-state index contributed by atoms with van der Waals surface area (Å²) in [4.78, 5) is 29.2. The summed E-state index contributed by atoms with van der Waals surface area (Å²) in [5, 5.41) is 34.9. The lowest BCUT2D eigenvalue weighted by atomic mass is 9.73. The zero-order valence-electron chi connectivity index (χ0n) is 24.9. The average molecular weight is 616 g/mol. The topological polar surface area (TPSA) is 164 Å². The van der Waals surface area contributed by atoms with E-state index in [1.165, 1.54) is 32.9 Å². The number of aryl methyl sites for hydroxylation is 1. The number of nitrogens with two attached hydrogens (primary N) is 1. The SMILES string of the molecule is COc1c(C)cc2c(c1O)[C@@H]1[C@@H]3[C@@H]4SC[C@H](N)C(=O)OC[C@@H](c5c(O)c(OC)c(C)c(OC(C)=O)c54)N3[C@@H](O)[C@H](C2)N1C. The molecule has 0 amide bonds. The number of aliphatic hydroxyl groups excluding tert-OH is 1. The Hall–Kier alpha value is -3.23. The van der Waals surface area contributed by atoms with Crippen LogP contribution in [0.15, 0.2) is 6.07 Å². The van der Waals surface area contributed by atoms with Gasteiger partial charge in [0.05, 0.1) is 37.6 Å². The Labute approximate surface area is 253 Å². The lowest BCUT2D eigenvalue weighted by molar-refractivity contribution is -0.184. The molecule has 4 bridgehead atoms. The molecular formula is C30H37N3O9S. The summed E-state index contributed by atoms with van der Waals surface area (Å²) in [6, 6.07) is -1.22. The number of aliphatic hydroxyl groups is 1. The molecule has 0 aromatic heterocycles. The zero-order valence-corrected chi connectivity index (χ0v) is 25.7. The third-order valence-electron chi connectivity index (χ3n) is 9.34. The smallest absolute Gasteiger partial charge is 0.323 e. The first kappa shape index (κ1) is 29.8. The number of phenolic OH excluding ortho intramolecular Hbond substituents is 2. The highest BCUT2D eigenvalue weighted by Crippen LogP contribution is 2.63. The summed E-state index contributed by atoms with van der Waals surface area (Å²) in [7, 11) is 4.84. The lowest BCUT2D eigenvalue weighted by Gasteiger charge is -2.62. The Kier molecular flexibility index (Phi) is 7.45. The monoisotopic (exact) mass is 615 g/mol. The Balaban J connectivity index is 1.69. The maximum Gasteiger partial charge on any atom is 0.323 e. The second kappa shape index (κ2) is 10.7. The molecule has 6 rings (SSSR count). The number of nitrogens with zero attached hydrogens (tertiary/aromatic N) is 2. The molecule has 4 heterocycles. The molecule has 0 unspecified atom stereocenters. The number of hydrogen-bond donors (Lipinski definition) is 4. The number of likely N-dealkylation sites (N-methyl/N-ethyl adjacent to an activating group) is 1. The standard InChI is InChI=1S/C30H37N3O9S/c1-11-7-14-8-16-29(37)33-17-9-41-30(38)15(31)10-43-28(22(33)21(32(16)4)18(14)23(35)25(11)39-5)20-19(17)24(36)27(40-6)12(2)26(20)42-13(3)34/h7,15-17,21-22,28-29,35-37H,8-10,31H2,1-6H3/t15-,16-,17-,21+,22+,28+,29-/m0/s1. The largest absolute Gasteiger partial charge is 0.504 e. The van der Waals surface area contributed by atoms with Crippen molar-refractivity contribution in [1.82, 2.24) is 9.80 Å². The summed E-state index contributed by atoms with van der Waals surface area (Å²) in [5.74, 6) is -0.431. The van der Waals surface area contributed by atoms with Crippen LogP contribution in [0.5, 0.6) is 28.7 Å². The minimum atomic E-state index is -1.05. The third kappa shape index (κ3) is 4.27. The quantitative estimate of drug-likeness (QED) is 0.293. The number of piperazine rings is 1. The normalized spacial score (nSPS) is 30.0. The Morgan fingerprint density at radius 3 is 2.42 bits per heavy atom. The van der Waals surface area contributed by atoms with E-state index >= 15 is 0 Å². The number of esters is 2. The number of carbonyl (C=O) groups is 2. The minimum Gasteiger partial charge on any atom is -0.504 e. The van der Waals surface area contributed by atoms with Gasteiger partial charge in [-0.2, -0.15) is 0 Å². The highest BCUT2D eigenvalue weighted by Gasteiger charge is 2.60. The van der Waals surface area contributed by atoms with Crippen LogP contribution in [0.1, 0.15) is 57.6 Å². The zero-order chi connectivity index (χ0) is 31.1. The van der Waals surface area contributed by atoms with Gasteiger partial charge < -0.3 is 40.0 Å². The Morgan fingerprint density at radius 1 is 1.09 bits per heavy atom. The Morgan fingerprint density at radius 2 is 1.77 bits per heavy atom. The summed E-state index contributed by atoms with van der Waals surface area (Å²) < 4.78 is 22.7. The molecular weight excluding hydrogens is 578 g/mol. The van der Waals surface area contributed by atoms with Gasteiger partial charge in [-0.05, 0) is 38.4 Å². The lowest BCUT2D eigenvalue weighted by Crippen LogP contribution is -2.69. The first-order valence-corrected chi connectivity index (χ1v) is 15.2. The predicted molar refractivity (Wildman–Crippen MR) is 157 cm³/mol. The Bertz CT molecular complexity index is 1520. The van der Waals surface area contributed by atoms with Crippen molar-refractivity contribution in [2.24, 2.45) is 5.73 Å². The summed E-state index contributed by atoms with van der Waals surface area (Å²) in [6.45, 7) is 4.63. The van der Waals surface area contributed by atoms with E-state index in [1.54, 1.807) is 6.92 Å². The first-order valence-electron chi connectivity index (χ1n) is 14.1. The molecule has 0 spiro atoms. The molecule has 13 heteroatoms. The number of fused-ring (bicyclic) bond motifs is 7. The van der Waals surface area contributed by atoms with Crippen molar-refractivity contribution in [2.45, 2.75) is 68.9 Å². The molecule has 12 nitrogen and oxygen atoms in total. The van der Waals surface area contributed by atoms with Crippen molar-refractivity contribution in [3.8, 4) is 28.7 Å². The van der Waals surface area contributed by atoms with E-state index in [2.05, 4.69) is 4.90 Å². The second-order valence-electron chi connectivity index (χ2n) is 11.6. The number of phenols is 2. The molecule has 0 radical (unpaired) electrons. The van der Waals surface area contributed by atoms with Crippen molar-refractivity contribution in [1.29, 1.82) is 0 Å². The van der Waals surface area contributed by atoms with Crippen molar-refractivity contribution < 1.29 is 43.9 Å². The van der Waals surface area contributed by atoms with Crippen LogP contribution in [-0.4, -0.2) is 95.0 Å². The van der Waals surface area contributed by atoms with Gasteiger partial charge in [0.2, 0.25) is 0 Å². The average Bonchev–Trinajstić information content (AvgIpc) is 2.95. The molecule has 0 aliphatic carbocycles.